The van der Waals surface area contributed by atoms with E-state index in [0.29, 0.717) is 89.7 Å². The van der Waals surface area contributed by atoms with Gasteiger partial charge in [0.25, 0.3) is 0 Å². The molecule has 4 rings (SSSR count). The van der Waals surface area contributed by atoms with Crippen LogP contribution in [0.15, 0.2) is 147 Å². The molecule has 0 saturated carbocycles. The Bertz CT molecular complexity index is 2080. The van der Waals surface area contributed by atoms with Crippen molar-refractivity contribution in [3.63, 3.8) is 0 Å². The molecule has 0 N–H and O–H groups in total. The number of carbonyl (C=O) groups is 4. The summed E-state index contributed by atoms with van der Waals surface area (Å²) in [7, 11) is 0. The van der Waals surface area contributed by atoms with Crippen molar-refractivity contribution in [3.8, 4) is 23.0 Å². The minimum Gasteiger partial charge on any atom is -0.493 e. The summed E-state index contributed by atoms with van der Waals surface area (Å²) in [5.74, 6) is 1.48. The largest absolute Gasteiger partial charge is 0.493 e. The molecule has 0 bridgehead atoms. The average Bonchev–Trinajstić information content (AvgIpc) is 3.34. The second-order valence-corrected chi connectivity index (χ2v) is 16.7. The summed E-state index contributed by atoms with van der Waals surface area (Å²) in [6, 6.07) is 32.1. The monoisotopic (exact) mass is 932 g/mol. The molecule has 0 unspecified atom stereocenters. The van der Waals surface area contributed by atoms with Gasteiger partial charge in [-0.15, -0.1) is 0 Å². The first-order chi connectivity index (χ1) is 32.5. The zero-order valence-electron chi connectivity index (χ0n) is 40.6. The highest BCUT2D eigenvalue weighted by Gasteiger charge is 2.24. The molecule has 0 saturated heterocycles. The van der Waals surface area contributed by atoms with Gasteiger partial charge in [-0.2, -0.15) is 0 Å². The Balaban J connectivity index is 0.000000361. The maximum atomic E-state index is 11.4. The van der Waals surface area contributed by atoms with Crippen LogP contribution in [-0.2, 0) is 49.0 Å². The van der Waals surface area contributed by atoms with Crippen LogP contribution in [0.5, 0.6) is 23.0 Å². The smallest absolute Gasteiger partial charge is 0.333 e. The number of benzene rings is 4. The van der Waals surface area contributed by atoms with Crippen LogP contribution >= 0.6 is 0 Å². The van der Waals surface area contributed by atoms with Gasteiger partial charge in [0.15, 0.2) is 0 Å². The van der Waals surface area contributed by atoms with Crippen molar-refractivity contribution in [2.45, 2.75) is 78.1 Å². The second-order valence-electron chi connectivity index (χ2n) is 16.7. The predicted octanol–water partition coefficient (Wildman–Crippen LogP) is 10.8. The molecule has 0 spiro atoms. The summed E-state index contributed by atoms with van der Waals surface area (Å²) in [6.45, 7) is 28.8. The van der Waals surface area contributed by atoms with E-state index in [2.05, 4.69) is 103 Å². The van der Waals surface area contributed by atoms with Gasteiger partial charge in [-0.1, -0.05) is 103 Å². The molecular weight excluding hydrogens is 865 g/mol. The molecular formula is C56H68O12. The summed E-state index contributed by atoms with van der Waals surface area (Å²) in [4.78, 5) is 44.7. The molecule has 364 valence electrons. The molecule has 4 aromatic rings. The van der Waals surface area contributed by atoms with Crippen molar-refractivity contribution in [3.05, 3.63) is 169 Å². The number of carbonyl (C=O) groups excluding carboxylic acids is 4. The lowest BCUT2D eigenvalue weighted by atomic mass is 9.78. The topological polar surface area (TPSA) is 142 Å². The molecule has 0 aliphatic carbocycles. The Hall–Kier alpha value is -7.08. The summed E-state index contributed by atoms with van der Waals surface area (Å²) in [6.07, 6.45) is 4.74. The van der Waals surface area contributed by atoms with Crippen molar-refractivity contribution < 1.29 is 57.1 Å². The fraction of sp³-hybridized carbons (Fsp3) is 0.357. The highest BCUT2D eigenvalue weighted by Crippen LogP contribution is 2.35. The second kappa shape index (κ2) is 28.8. The minimum atomic E-state index is -0.423. The van der Waals surface area contributed by atoms with Gasteiger partial charge in [0.2, 0.25) is 0 Å². The van der Waals surface area contributed by atoms with E-state index in [1.54, 1.807) is 13.8 Å². The zero-order chi connectivity index (χ0) is 50.0. The minimum absolute atomic E-state index is 0.200. The van der Waals surface area contributed by atoms with Crippen molar-refractivity contribution >= 4 is 23.9 Å². The Morgan fingerprint density at radius 1 is 0.397 bits per heavy atom. The Kier molecular flexibility index (Phi) is 23.4. The first-order valence-corrected chi connectivity index (χ1v) is 22.6. The van der Waals surface area contributed by atoms with Gasteiger partial charge in [0.1, 0.15) is 23.0 Å². The van der Waals surface area contributed by atoms with Gasteiger partial charge < -0.3 is 37.9 Å². The molecule has 0 radical (unpaired) electrons. The van der Waals surface area contributed by atoms with Gasteiger partial charge in [0.05, 0.1) is 52.9 Å². The van der Waals surface area contributed by atoms with E-state index in [-0.39, 0.29) is 22.8 Å². The number of hydrogen-bond donors (Lipinski definition) is 0. The van der Waals surface area contributed by atoms with E-state index in [1.165, 1.54) is 0 Å². The lowest BCUT2D eigenvalue weighted by molar-refractivity contribution is -0.140. The van der Waals surface area contributed by atoms with Gasteiger partial charge >= 0.3 is 23.9 Å². The van der Waals surface area contributed by atoms with Gasteiger partial charge in [0, 0.05) is 59.8 Å². The molecule has 0 amide bonds. The summed E-state index contributed by atoms with van der Waals surface area (Å²) < 4.78 is 42.9. The molecule has 0 fully saturated rings. The average molecular weight is 933 g/mol. The zero-order valence-corrected chi connectivity index (χ0v) is 40.6. The maximum absolute atomic E-state index is 11.4. The van der Waals surface area contributed by atoms with E-state index in [4.69, 9.17) is 37.9 Å². The molecule has 12 heteroatoms. The van der Waals surface area contributed by atoms with E-state index < -0.39 is 11.9 Å². The maximum Gasteiger partial charge on any atom is 0.333 e. The van der Waals surface area contributed by atoms with E-state index >= 15 is 0 Å². The molecule has 0 aliphatic rings. The van der Waals surface area contributed by atoms with Crippen LogP contribution in [0.2, 0.25) is 0 Å². The normalized spacial score (nSPS) is 10.8. The summed E-state index contributed by atoms with van der Waals surface area (Å²) in [5, 5.41) is 0. The molecule has 68 heavy (non-hydrogen) atoms. The number of rotatable bonds is 28. The third kappa shape index (κ3) is 19.4. The summed E-state index contributed by atoms with van der Waals surface area (Å²) >= 11 is 0. The van der Waals surface area contributed by atoms with Crippen LogP contribution in [0.4, 0.5) is 0 Å². The quantitative estimate of drug-likeness (QED) is 0.0231. The van der Waals surface area contributed by atoms with Gasteiger partial charge in [-0.25, -0.2) is 19.2 Å². The van der Waals surface area contributed by atoms with Crippen molar-refractivity contribution in [1.82, 2.24) is 0 Å². The third-order valence-corrected chi connectivity index (χ3v) is 10.5. The first kappa shape index (κ1) is 55.2. The molecule has 0 atom stereocenters. The van der Waals surface area contributed by atoms with Crippen molar-refractivity contribution in [1.29, 1.82) is 0 Å². The highest BCUT2D eigenvalue weighted by molar-refractivity contribution is 5.87. The van der Waals surface area contributed by atoms with Crippen LogP contribution in [-0.4, -0.2) is 76.7 Å². The molecule has 0 heterocycles. The lowest BCUT2D eigenvalue weighted by Crippen LogP contribution is -2.18. The Labute approximate surface area is 402 Å². The van der Waals surface area contributed by atoms with E-state index in [9.17, 15) is 19.2 Å². The van der Waals surface area contributed by atoms with Crippen molar-refractivity contribution in [2.75, 3.05) is 52.9 Å². The fourth-order valence-electron chi connectivity index (χ4n) is 6.24. The first-order valence-electron chi connectivity index (χ1n) is 22.6. The van der Waals surface area contributed by atoms with E-state index in [1.807, 2.05) is 48.5 Å². The fourth-order valence-corrected chi connectivity index (χ4v) is 6.24. The van der Waals surface area contributed by atoms with Gasteiger partial charge in [-0.3, -0.25) is 0 Å². The highest BCUT2D eigenvalue weighted by atomic mass is 16.5. The van der Waals surface area contributed by atoms with Crippen LogP contribution in [0, 0.1) is 0 Å². The van der Waals surface area contributed by atoms with Gasteiger partial charge in [-0.05, 0) is 84.6 Å². The number of hydrogen-bond acceptors (Lipinski definition) is 12. The molecule has 12 nitrogen and oxygen atoms in total. The Morgan fingerprint density at radius 2 is 0.618 bits per heavy atom. The summed E-state index contributed by atoms with van der Waals surface area (Å²) in [5.41, 5.74) is 5.02. The van der Waals surface area contributed by atoms with Crippen LogP contribution in [0.3, 0.4) is 0 Å². The standard InChI is InChI=1S/C29H36O6.C27H32O6/c1-21(2)27(30)34-19-7-17-32-25-13-9-23(10-14-25)29(5,6)24-11-15-26(16-12-24)33-18-8-20-35-28(31)22(3)4;1-5-25(28)32-19-7-17-30-23-13-9-21(10-14-23)27(3,4)22-11-15-24(16-12-22)31-18-8-20-33-26(29)6-2/h9-16H,1,3,7-8,17-20H2,2,4-6H3;5-6,9-16H,1-2,7-8,17-20H2,3-4H3. The Morgan fingerprint density at radius 3 is 0.824 bits per heavy atom. The lowest BCUT2D eigenvalue weighted by Gasteiger charge is -2.26. The SMILES string of the molecule is C=C(C)C(=O)OCCCOc1ccc(C(C)(C)c2ccc(OCCCOC(=O)C(=C)C)cc2)cc1.C=CC(=O)OCCCOc1ccc(C(C)(C)c2ccc(OCCCOC(=O)C=C)cc2)cc1. The van der Waals surface area contributed by atoms with Crippen LogP contribution in [0.1, 0.15) is 89.5 Å². The van der Waals surface area contributed by atoms with Crippen LogP contribution < -0.4 is 18.9 Å². The van der Waals surface area contributed by atoms with E-state index in [0.717, 1.165) is 57.4 Å². The number of ether oxygens (including phenoxy) is 8. The van der Waals surface area contributed by atoms with Crippen molar-refractivity contribution in [2.24, 2.45) is 0 Å². The third-order valence-electron chi connectivity index (χ3n) is 10.5. The molecule has 0 aliphatic heterocycles. The molecule has 4 aromatic carbocycles. The molecule has 0 aromatic heterocycles. The number of esters is 4. The predicted molar refractivity (Wildman–Crippen MR) is 264 cm³/mol. The van der Waals surface area contributed by atoms with Crippen LogP contribution in [0.25, 0.3) is 0 Å².